The summed E-state index contributed by atoms with van der Waals surface area (Å²) in [6, 6.07) is 0. The Labute approximate surface area is 72.4 Å². The number of carbonyl (C=O) groups is 1. The number of hydrogen-bond donors (Lipinski definition) is 0. The monoisotopic (exact) mass is 163 g/mol. The molecule has 0 spiro atoms. The van der Waals surface area contributed by atoms with Crippen molar-refractivity contribution < 1.29 is 4.79 Å². The van der Waals surface area contributed by atoms with Gasteiger partial charge in [-0.1, -0.05) is 13.8 Å². The molecular formula is C10H13NO. The quantitative estimate of drug-likeness (QED) is 0.535. The Balaban J connectivity index is 2.37. The first-order valence-electron chi connectivity index (χ1n) is 4.48. The molecule has 0 radical (unpaired) electrons. The zero-order valence-corrected chi connectivity index (χ0v) is 7.45. The largest absolute Gasteiger partial charge is 0.294 e. The van der Waals surface area contributed by atoms with Crippen molar-refractivity contribution in [1.82, 2.24) is 0 Å². The lowest BCUT2D eigenvalue weighted by Gasteiger charge is -2.15. The van der Waals surface area contributed by atoms with Gasteiger partial charge in [0.05, 0.1) is 5.92 Å². The van der Waals surface area contributed by atoms with Crippen LogP contribution < -0.4 is 0 Å². The maximum atomic E-state index is 11.5. The summed E-state index contributed by atoms with van der Waals surface area (Å²) in [5, 5.41) is 0. The highest BCUT2D eigenvalue weighted by atomic mass is 16.1. The molecular weight excluding hydrogens is 150 g/mol. The predicted octanol–water partition coefficient (Wildman–Crippen LogP) is 1.82. The zero-order valence-electron chi connectivity index (χ0n) is 7.45. The smallest absolute Gasteiger partial charge is 0.166 e. The van der Waals surface area contributed by atoms with Crippen molar-refractivity contribution in [2.75, 3.05) is 0 Å². The molecule has 1 unspecified atom stereocenters. The van der Waals surface area contributed by atoms with Crippen LogP contribution in [-0.4, -0.2) is 11.5 Å². The van der Waals surface area contributed by atoms with E-state index in [-0.39, 0.29) is 11.7 Å². The Hall–Kier alpha value is -0.920. The molecule has 1 aliphatic heterocycles. The second kappa shape index (κ2) is 2.54. The third kappa shape index (κ3) is 0.942. The van der Waals surface area contributed by atoms with Crippen LogP contribution in [0.5, 0.6) is 0 Å². The van der Waals surface area contributed by atoms with E-state index in [1.165, 1.54) is 0 Å². The van der Waals surface area contributed by atoms with E-state index in [0.717, 1.165) is 12.1 Å². The third-order valence-corrected chi connectivity index (χ3v) is 2.89. The summed E-state index contributed by atoms with van der Waals surface area (Å²) < 4.78 is 0. The molecule has 0 aromatic carbocycles. The van der Waals surface area contributed by atoms with Crippen molar-refractivity contribution in [1.29, 1.82) is 0 Å². The van der Waals surface area contributed by atoms with Gasteiger partial charge in [-0.25, -0.2) is 0 Å². The number of carbonyl (C=O) groups excluding carboxylic acids is 1. The highest BCUT2D eigenvalue weighted by Gasteiger charge is 2.39. The fourth-order valence-electron chi connectivity index (χ4n) is 2.35. The van der Waals surface area contributed by atoms with E-state index >= 15 is 0 Å². The lowest BCUT2D eigenvalue weighted by atomic mass is 9.91. The minimum absolute atomic E-state index is 0.102. The summed E-state index contributed by atoms with van der Waals surface area (Å²) in [6.07, 6.45) is 4.35. The molecule has 2 nitrogen and oxygen atoms in total. The van der Waals surface area contributed by atoms with E-state index in [0.29, 0.717) is 11.8 Å². The Kier molecular flexibility index (Phi) is 1.63. The molecule has 2 rings (SSSR count). The van der Waals surface area contributed by atoms with Gasteiger partial charge in [-0.3, -0.25) is 9.79 Å². The van der Waals surface area contributed by atoms with Gasteiger partial charge in [-0.05, 0) is 18.3 Å². The van der Waals surface area contributed by atoms with Gasteiger partial charge in [0.1, 0.15) is 0 Å². The zero-order chi connectivity index (χ0) is 8.72. The summed E-state index contributed by atoms with van der Waals surface area (Å²) in [5.74, 6) is 1.33. The maximum absolute atomic E-state index is 11.5. The first-order chi connectivity index (χ1) is 5.70. The Morgan fingerprint density at radius 1 is 1.50 bits per heavy atom. The third-order valence-electron chi connectivity index (χ3n) is 2.89. The van der Waals surface area contributed by atoms with E-state index in [4.69, 9.17) is 0 Å². The number of rotatable bonds is 0. The van der Waals surface area contributed by atoms with Gasteiger partial charge in [0.25, 0.3) is 0 Å². The van der Waals surface area contributed by atoms with Gasteiger partial charge in [0.15, 0.2) is 5.78 Å². The van der Waals surface area contributed by atoms with Gasteiger partial charge in [-0.2, -0.15) is 0 Å². The van der Waals surface area contributed by atoms with Crippen LogP contribution in [0.3, 0.4) is 0 Å². The Morgan fingerprint density at radius 2 is 2.25 bits per heavy atom. The van der Waals surface area contributed by atoms with Crippen molar-refractivity contribution in [2.45, 2.75) is 20.3 Å². The maximum Gasteiger partial charge on any atom is 0.166 e. The molecule has 1 heterocycles. The second-order valence-corrected chi connectivity index (χ2v) is 3.86. The van der Waals surface area contributed by atoms with Crippen LogP contribution in [-0.2, 0) is 4.79 Å². The van der Waals surface area contributed by atoms with Crippen LogP contribution in [0.15, 0.2) is 17.3 Å². The molecule has 0 saturated heterocycles. The Morgan fingerprint density at radius 3 is 2.92 bits per heavy atom. The van der Waals surface area contributed by atoms with Crippen LogP contribution in [0.2, 0.25) is 0 Å². The number of ketones is 1. The van der Waals surface area contributed by atoms with E-state index in [1.54, 1.807) is 12.3 Å². The van der Waals surface area contributed by atoms with E-state index in [1.807, 2.05) is 0 Å². The van der Waals surface area contributed by atoms with Gasteiger partial charge in [-0.15, -0.1) is 0 Å². The number of hydrogen-bond acceptors (Lipinski definition) is 2. The summed E-state index contributed by atoms with van der Waals surface area (Å²) in [5.41, 5.74) is 1.11. The van der Waals surface area contributed by atoms with Gasteiger partial charge in [0.2, 0.25) is 0 Å². The van der Waals surface area contributed by atoms with Crippen LogP contribution >= 0.6 is 0 Å². The molecule has 64 valence electrons. The highest BCUT2D eigenvalue weighted by Crippen LogP contribution is 2.36. The average molecular weight is 163 g/mol. The molecule has 12 heavy (non-hydrogen) atoms. The lowest BCUT2D eigenvalue weighted by molar-refractivity contribution is -0.117. The molecule has 0 amide bonds. The summed E-state index contributed by atoms with van der Waals surface area (Å²) in [6.45, 7) is 4.29. The lowest BCUT2D eigenvalue weighted by Crippen LogP contribution is -2.25. The molecule has 1 fully saturated rings. The van der Waals surface area contributed by atoms with Crippen molar-refractivity contribution in [3.63, 3.8) is 0 Å². The average Bonchev–Trinajstić information content (AvgIpc) is 2.29. The van der Waals surface area contributed by atoms with Gasteiger partial charge in [0, 0.05) is 18.0 Å². The minimum Gasteiger partial charge on any atom is -0.294 e. The fraction of sp³-hybridized carbons (Fsp3) is 0.600. The summed E-state index contributed by atoms with van der Waals surface area (Å²) >= 11 is 0. The minimum atomic E-state index is 0.102. The SMILES string of the molecule is C[C@@H]1C[C@H](C)C2=NC=CC(=O)C21. The molecule has 2 aliphatic rings. The molecule has 2 heteroatoms. The molecule has 0 aromatic rings. The topological polar surface area (TPSA) is 29.4 Å². The second-order valence-electron chi connectivity index (χ2n) is 3.86. The number of allylic oxidation sites excluding steroid dienone is 1. The summed E-state index contributed by atoms with van der Waals surface area (Å²) in [7, 11) is 0. The van der Waals surface area contributed by atoms with Crippen LogP contribution in [0.4, 0.5) is 0 Å². The first kappa shape index (κ1) is 7.71. The Bertz CT molecular complexity index is 278. The first-order valence-corrected chi connectivity index (χ1v) is 4.48. The van der Waals surface area contributed by atoms with Gasteiger partial charge >= 0.3 is 0 Å². The predicted molar refractivity (Wildman–Crippen MR) is 48.0 cm³/mol. The molecule has 0 bridgehead atoms. The van der Waals surface area contributed by atoms with Crippen LogP contribution in [0, 0.1) is 17.8 Å². The van der Waals surface area contributed by atoms with Crippen molar-refractivity contribution in [3.05, 3.63) is 12.3 Å². The van der Waals surface area contributed by atoms with Crippen molar-refractivity contribution in [3.8, 4) is 0 Å². The number of aliphatic imine (C=N–C) groups is 1. The van der Waals surface area contributed by atoms with Crippen molar-refractivity contribution >= 4 is 11.5 Å². The van der Waals surface area contributed by atoms with E-state index in [2.05, 4.69) is 18.8 Å². The molecule has 1 saturated carbocycles. The van der Waals surface area contributed by atoms with Crippen LogP contribution in [0.1, 0.15) is 20.3 Å². The standard InChI is InChI=1S/C10H13NO/c1-6-5-7(2)10-9(6)8(12)3-4-11-10/h3-4,6-7,9H,5H2,1-2H3/t6-,7+,9?/m1/s1. The normalized spacial score (nSPS) is 39.7. The molecule has 1 aliphatic carbocycles. The summed E-state index contributed by atoms with van der Waals surface area (Å²) in [4.78, 5) is 15.8. The molecule has 0 aromatic heterocycles. The number of fused-ring (bicyclic) bond motifs is 1. The number of nitrogens with zero attached hydrogens (tertiary/aromatic N) is 1. The molecule has 0 N–H and O–H groups in total. The van der Waals surface area contributed by atoms with E-state index < -0.39 is 0 Å². The van der Waals surface area contributed by atoms with Crippen LogP contribution in [0.25, 0.3) is 0 Å². The van der Waals surface area contributed by atoms with Gasteiger partial charge < -0.3 is 0 Å². The highest BCUT2D eigenvalue weighted by molar-refractivity contribution is 6.13. The van der Waals surface area contributed by atoms with Crippen molar-refractivity contribution in [2.24, 2.45) is 22.7 Å². The molecule has 3 atom stereocenters. The van der Waals surface area contributed by atoms with E-state index in [9.17, 15) is 4.79 Å². The fourth-order valence-corrected chi connectivity index (χ4v) is 2.35.